The molecular formula is C18H20N2O3. The standard InChI is InChI=1S/C18H20N2O3/c1-13-9-10-17(23-3)16(11-13)19-18(22)12-20(14(2)21)15-7-5-4-6-8-15/h4-11H,12H2,1-3H3,(H,19,22). The summed E-state index contributed by atoms with van der Waals surface area (Å²) in [6.07, 6.45) is 0. The van der Waals surface area contributed by atoms with Crippen LogP contribution in [0.3, 0.4) is 0 Å². The van der Waals surface area contributed by atoms with Gasteiger partial charge in [0.15, 0.2) is 0 Å². The fourth-order valence-electron chi connectivity index (χ4n) is 2.25. The number of amides is 2. The average molecular weight is 312 g/mol. The summed E-state index contributed by atoms with van der Waals surface area (Å²) in [7, 11) is 1.55. The van der Waals surface area contributed by atoms with E-state index in [4.69, 9.17) is 4.74 Å². The molecule has 0 aromatic heterocycles. The summed E-state index contributed by atoms with van der Waals surface area (Å²) in [6, 6.07) is 14.6. The van der Waals surface area contributed by atoms with Crippen molar-refractivity contribution in [1.29, 1.82) is 0 Å². The molecule has 5 nitrogen and oxygen atoms in total. The lowest BCUT2D eigenvalue weighted by Gasteiger charge is -2.21. The van der Waals surface area contributed by atoms with E-state index < -0.39 is 0 Å². The van der Waals surface area contributed by atoms with Crippen molar-refractivity contribution in [2.24, 2.45) is 0 Å². The number of carbonyl (C=O) groups excluding carboxylic acids is 2. The monoisotopic (exact) mass is 312 g/mol. The lowest BCUT2D eigenvalue weighted by Crippen LogP contribution is -2.36. The molecule has 0 atom stereocenters. The Hall–Kier alpha value is -2.82. The highest BCUT2D eigenvalue weighted by atomic mass is 16.5. The van der Waals surface area contributed by atoms with Gasteiger partial charge in [0, 0.05) is 12.6 Å². The third-order valence-electron chi connectivity index (χ3n) is 3.38. The predicted octanol–water partition coefficient (Wildman–Crippen LogP) is 3.00. The summed E-state index contributed by atoms with van der Waals surface area (Å²) >= 11 is 0. The minimum absolute atomic E-state index is 0.0591. The maximum Gasteiger partial charge on any atom is 0.244 e. The van der Waals surface area contributed by atoms with Gasteiger partial charge in [0.05, 0.1) is 12.8 Å². The predicted molar refractivity (Wildman–Crippen MR) is 90.8 cm³/mol. The highest BCUT2D eigenvalue weighted by Crippen LogP contribution is 2.25. The molecule has 23 heavy (non-hydrogen) atoms. The third kappa shape index (κ3) is 4.32. The van der Waals surface area contributed by atoms with Crippen molar-refractivity contribution in [1.82, 2.24) is 0 Å². The van der Waals surface area contributed by atoms with Gasteiger partial charge in [0.25, 0.3) is 0 Å². The van der Waals surface area contributed by atoms with Crippen molar-refractivity contribution in [3.63, 3.8) is 0 Å². The Balaban J connectivity index is 2.14. The Morgan fingerprint density at radius 1 is 1.13 bits per heavy atom. The van der Waals surface area contributed by atoms with Crippen molar-refractivity contribution in [2.75, 3.05) is 23.9 Å². The molecule has 0 saturated carbocycles. The van der Waals surface area contributed by atoms with Gasteiger partial charge in [-0.15, -0.1) is 0 Å². The van der Waals surface area contributed by atoms with E-state index in [-0.39, 0.29) is 18.4 Å². The molecule has 0 unspecified atom stereocenters. The fourth-order valence-corrected chi connectivity index (χ4v) is 2.25. The average Bonchev–Trinajstić information content (AvgIpc) is 2.53. The first-order valence-electron chi connectivity index (χ1n) is 7.29. The van der Waals surface area contributed by atoms with Crippen molar-refractivity contribution in [3.05, 3.63) is 54.1 Å². The van der Waals surface area contributed by atoms with Crippen LogP contribution in [0, 0.1) is 6.92 Å². The van der Waals surface area contributed by atoms with Crippen molar-refractivity contribution >= 4 is 23.2 Å². The maximum atomic E-state index is 12.3. The summed E-state index contributed by atoms with van der Waals surface area (Å²) in [5.74, 6) is 0.105. The van der Waals surface area contributed by atoms with Crippen LogP contribution >= 0.6 is 0 Å². The molecule has 0 spiro atoms. The number of carbonyl (C=O) groups is 2. The number of hydrogen-bond donors (Lipinski definition) is 1. The van der Waals surface area contributed by atoms with Crippen LogP contribution in [0.15, 0.2) is 48.5 Å². The number of anilines is 2. The first-order valence-corrected chi connectivity index (χ1v) is 7.29. The molecule has 0 bridgehead atoms. The number of nitrogens with one attached hydrogen (secondary N) is 1. The summed E-state index contributed by atoms with van der Waals surface area (Å²) in [5.41, 5.74) is 2.29. The molecule has 0 heterocycles. The van der Waals surface area contributed by atoms with Gasteiger partial charge in [-0.1, -0.05) is 24.3 Å². The number of aryl methyl sites for hydroxylation is 1. The number of nitrogens with zero attached hydrogens (tertiary/aromatic N) is 1. The molecule has 2 rings (SSSR count). The van der Waals surface area contributed by atoms with Crippen LogP contribution in [0.1, 0.15) is 12.5 Å². The highest BCUT2D eigenvalue weighted by molar-refractivity contribution is 6.02. The second-order valence-electron chi connectivity index (χ2n) is 5.19. The van der Waals surface area contributed by atoms with E-state index in [1.165, 1.54) is 11.8 Å². The number of para-hydroxylation sites is 1. The maximum absolute atomic E-state index is 12.3. The van der Waals surface area contributed by atoms with E-state index in [2.05, 4.69) is 5.32 Å². The second kappa shape index (κ2) is 7.45. The van der Waals surface area contributed by atoms with Gasteiger partial charge in [0.1, 0.15) is 12.3 Å². The van der Waals surface area contributed by atoms with Gasteiger partial charge in [-0.3, -0.25) is 9.59 Å². The molecule has 2 aromatic carbocycles. The quantitative estimate of drug-likeness (QED) is 0.923. The number of ether oxygens (including phenoxy) is 1. The number of benzene rings is 2. The summed E-state index contributed by atoms with van der Waals surface area (Å²) in [5, 5.41) is 2.80. The highest BCUT2D eigenvalue weighted by Gasteiger charge is 2.16. The Morgan fingerprint density at radius 3 is 2.43 bits per heavy atom. The van der Waals surface area contributed by atoms with Crippen LogP contribution in [0.5, 0.6) is 5.75 Å². The van der Waals surface area contributed by atoms with E-state index in [1.807, 2.05) is 37.3 Å². The zero-order valence-electron chi connectivity index (χ0n) is 13.5. The normalized spacial score (nSPS) is 10.0. The van der Waals surface area contributed by atoms with Gasteiger partial charge in [-0.2, -0.15) is 0 Å². The molecule has 5 heteroatoms. The van der Waals surface area contributed by atoms with Gasteiger partial charge < -0.3 is 15.0 Å². The van der Waals surface area contributed by atoms with E-state index in [0.29, 0.717) is 17.1 Å². The van der Waals surface area contributed by atoms with Crippen molar-refractivity contribution in [3.8, 4) is 5.75 Å². The molecule has 120 valence electrons. The molecule has 1 N–H and O–H groups in total. The Bertz CT molecular complexity index is 699. The molecular weight excluding hydrogens is 292 g/mol. The number of rotatable bonds is 5. The second-order valence-corrected chi connectivity index (χ2v) is 5.19. The topological polar surface area (TPSA) is 58.6 Å². The van der Waals surface area contributed by atoms with Crippen LogP contribution in [0.4, 0.5) is 11.4 Å². The number of hydrogen-bond acceptors (Lipinski definition) is 3. The van der Waals surface area contributed by atoms with Crippen LogP contribution < -0.4 is 15.0 Å². The summed E-state index contributed by atoms with van der Waals surface area (Å²) < 4.78 is 5.24. The summed E-state index contributed by atoms with van der Waals surface area (Å²) in [4.78, 5) is 25.6. The smallest absolute Gasteiger partial charge is 0.244 e. The first-order chi connectivity index (χ1) is 11.0. The van der Waals surface area contributed by atoms with Crippen LogP contribution in [0.2, 0.25) is 0 Å². The lowest BCUT2D eigenvalue weighted by atomic mass is 10.2. The SMILES string of the molecule is COc1ccc(C)cc1NC(=O)CN(C(C)=O)c1ccccc1. The Labute approximate surface area is 135 Å². The first kappa shape index (κ1) is 16.5. The Morgan fingerprint density at radius 2 is 1.83 bits per heavy atom. The molecule has 2 amide bonds. The van der Waals surface area contributed by atoms with Crippen molar-refractivity contribution < 1.29 is 14.3 Å². The summed E-state index contributed by atoms with van der Waals surface area (Å²) in [6.45, 7) is 3.31. The molecule has 2 aromatic rings. The molecule has 0 fully saturated rings. The minimum Gasteiger partial charge on any atom is -0.495 e. The van der Waals surface area contributed by atoms with E-state index >= 15 is 0 Å². The van der Waals surface area contributed by atoms with Crippen molar-refractivity contribution in [2.45, 2.75) is 13.8 Å². The van der Waals surface area contributed by atoms with E-state index in [1.54, 1.807) is 25.3 Å². The molecule has 0 saturated heterocycles. The van der Waals surface area contributed by atoms with Crippen LogP contribution in [0.25, 0.3) is 0 Å². The van der Waals surface area contributed by atoms with Gasteiger partial charge in [-0.05, 0) is 36.8 Å². The largest absolute Gasteiger partial charge is 0.495 e. The fraction of sp³-hybridized carbons (Fsp3) is 0.222. The molecule has 0 aliphatic heterocycles. The minimum atomic E-state index is -0.284. The van der Waals surface area contributed by atoms with E-state index in [9.17, 15) is 9.59 Å². The molecule has 0 aliphatic carbocycles. The molecule has 0 radical (unpaired) electrons. The van der Waals surface area contributed by atoms with Gasteiger partial charge >= 0.3 is 0 Å². The Kier molecular flexibility index (Phi) is 5.36. The number of methoxy groups -OCH3 is 1. The molecule has 0 aliphatic rings. The van der Waals surface area contributed by atoms with Crippen LogP contribution in [-0.4, -0.2) is 25.5 Å². The van der Waals surface area contributed by atoms with Gasteiger partial charge in [0.2, 0.25) is 11.8 Å². The zero-order valence-corrected chi connectivity index (χ0v) is 13.5. The third-order valence-corrected chi connectivity index (χ3v) is 3.38. The van der Waals surface area contributed by atoms with Crippen LogP contribution in [-0.2, 0) is 9.59 Å². The van der Waals surface area contributed by atoms with E-state index in [0.717, 1.165) is 5.56 Å². The van der Waals surface area contributed by atoms with Gasteiger partial charge in [-0.25, -0.2) is 0 Å². The lowest BCUT2D eigenvalue weighted by molar-refractivity contribution is -0.120. The zero-order chi connectivity index (χ0) is 16.8.